The van der Waals surface area contributed by atoms with Crippen molar-refractivity contribution >= 4 is 34.9 Å². The number of amides is 1. The van der Waals surface area contributed by atoms with Crippen molar-refractivity contribution in [3.05, 3.63) is 46.6 Å². The Kier molecular flexibility index (Phi) is 5.11. The third-order valence-electron chi connectivity index (χ3n) is 4.56. The van der Waals surface area contributed by atoms with Crippen molar-refractivity contribution in [3.8, 4) is 0 Å². The Hall–Kier alpha value is -3.14. The Morgan fingerprint density at radius 2 is 1.86 bits per heavy atom. The van der Waals surface area contributed by atoms with Crippen molar-refractivity contribution in [3.63, 3.8) is 0 Å². The van der Waals surface area contributed by atoms with Crippen molar-refractivity contribution in [2.45, 2.75) is 13.8 Å². The van der Waals surface area contributed by atoms with Crippen LogP contribution in [0.15, 0.2) is 30.5 Å². The van der Waals surface area contributed by atoms with Crippen molar-refractivity contribution in [1.82, 2.24) is 29.7 Å². The highest BCUT2D eigenvalue weighted by Gasteiger charge is 2.25. The SMILES string of the molecule is Cc1ccnc(Nc2ccc(N3CCN(C(=O)c4snnc4C)CC3)nn2)c1. The first-order chi connectivity index (χ1) is 13.6. The fourth-order valence-corrected chi connectivity index (χ4v) is 3.63. The Bertz CT molecular complexity index is 966. The van der Waals surface area contributed by atoms with Crippen LogP contribution in [-0.4, -0.2) is 61.8 Å². The molecule has 1 amide bonds. The molecule has 0 unspecified atom stereocenters. The average Bonchev–Trinajstić information content (AvgIpc) is 3.14. The molecule has 0 bridgehead atoms. The van der Waals surface area contributed by atoms with Gasteiger partial charge in [-0.25, -0.2) is 4.98 Å². The van der Waals surface area contributed by atoms with E-state index in [1.807, 2.05) is 43.0 Å². The molecule has 1 N–H and O–H groups in total. The molecule has 0 saturated carbocycles. The molecule has 0 aliphatic carbocycles. The van der Waals surface area contributed by atoms with Gasteiger partial charge in [-0.3, -0.25) is 4.79 Å². The van der Waals surface area contributed by atoms with Gasteiger partial charge in [-0.2, -0.15) is 0 Å². The van der Waals surface area contributed by atoms with Gasteiger partial charge < -0.3 is 15.1 Å². The average molecular weight is 396 g/mol. The van der Waals surface area contributed by atoms with Crippen LogP contribution in [0.25, 0.3) is 0 Å². The molecule has 10 heteroatoms. The summed E-state index contributed by atoms with van der Waals surface area (Å²) in [6.45, 7) is 6.50. The van der Waals surface area contributed by atoms with E-state index in [0.29, 0.717) is 42.6 Å². The minimum Gasteiger partial charge on any atom is -0.352 e. The molecule has 1 fully saturated rings. The summed E-state index contributed by atoms with van der Waals surface area (Å²) in [5.41, 5.74) is 1.81. The van der Waals surface area contributed by atoms with E-state index >= 15 is 0 Å². The number of aromatic nitrogens is 5. The summed E-state index contributed by atoms with van der Waals surface area (Å²) >= 11 is 1.15. The van der Waals surface area contributed by atoms with E-state index in [1.165, 1.54) is 0 Å². The molecule has 0 spiro atoms. The Morgan fingerprint density at radius 3 is 2.50 bits per heavy atom. The summed E-state index contributed by atoms with van der Waals surface area (Å²) < 4.78 is 3.85. The monoisotopic (exact) mass is 396 g/mol. The summed E-state index contributed by atoms with van der Waals surface area (Å²) in [6, 6.07) is 7.71. The van der Waals surface area contributed by atoms with Gasteiger partial charge in [0.25, 0.3) is 5.91 Å². The number of rotatable bonds is 4. The second-order valence-electron chi connectivity index (χ2n) is 6.59. The van der Waals surface area contributed by atoms with E-state index in [0.717, 1.165) is 28.7 Å². The topological polar surface area (TPSA) is 100 Å². The molecule has 1 saturated heterocycles. The van der Waals surface area contributed by atoms with Gasteiger partial charge in [-0.15, -0.1) is 15.3 Å². The van der Waals surface area contributed by atoms with Gasteiger partial charge in [0.2, 0.25) is 0 Å². The molecule has 144 valence electrons. The zero-order valence-electron chi connectivity index (χ0n) is 15.7. The molecule has 9 nitrogen and oxygen atoms in total. The van der Waals surface area contributed by atoms with Gasteiger partial charge in [0.15, 0.2) is 11.6 Å². The summed E-state index contributed by atoms with van der Waals surface area (Å²) in [5.74, 6) is 2.18. The molecule has 0 atom stereocenters. The number of anilines is 3. The second-order valence-corrected chi connectivity index (χ2v) is 7.34. The fraction of sp³-hybridized carbons (Fsp3) is 0.333. The lowest BCUT2D eigenvalue weighted by molar-refractivity contribution is 0.0750. The number of pyridine rings is 1. The van der Waals surface area contributed by atoms with Crippen LogP contribution >= 0.6 is 11.5 Å². The fourth-order valence-electron chi connectivity index (χ4n) is 3.01. The molecule has 1 aliphatic heterocycles. The van der Waals surface area contributed by atoms with Crippen LogP contribution in [0, 0.1) is 13.8 Å². The van der Waals surface area contributed by atoms with Gasteiger partial charge in [-0.05, 0) is 55.2 Å². The van der Waals surface area contributed by atoms with Crippen molar-refractivity contribution in [1.29, 1.82) is 0 Å². The van der Waals surface area contributed by atoms with Gasteiger partial charge in [0.1, 0.15) is 10.7 Å². The van der Waals surface area contributed by atoms with Crippen molar-refractivity contribution in [2.75, 3.05) is 36.4 Å². The van der Waals surface area contributed by atoms with Gasteiger partial charge in [-0.1, -0.05) is 4.49 Å². The maximum absolute atomic E-state index is 12.6. The number of carbonyl (C=O) groups is 1. The lowest BCUT2D eigenvalue weighted by Gasteiger charge is -2.34. The zero-order chi connectivity index (χ0) is 19.5. The number of carbonyl (C=O) groups excluding carboxylic acids is 1. The van der Waals surface area contributed by atoms with Crippen molar-refractivity contribution in [2.24, 2.45) is 0 Å². The zero-order valence-corrected chi connectivity index (χ0v) is 16.5. The number of nitrogens with zero attached hydrogens (tertiary/aromatic N) is 7. The normalized spacial score (nSPS) is 14.2. The molecule has 28 heavy (non-hydrogen) atoms. The van der Waals surface area contributed by atoms with Crippen LogP contribution in [0.2, 0.25) is 0 Å². The Balaban J connectivity index is 1.36. The molecular weight excluding hydrogens is 376 g/mol. The van der Waals surface area contributed by atoms with Crippen molar-refractivity contribution < 1.29 is 4.79 Å². The van der Waals surface area contributed by atoms with Crippen LogP contribution in [-0.2, 0) is 0 Å². The summed E-state index contributed by atoms with van der Waals surface area (Å²) in [6.07, 6.45) is 1.75. The quantitative estimate of drug-likeness (QED) is 0.715. The second kappa shape index (κ2) is 7.85. The minimum absolute atomic E-state index is 0.00318. The number of aryl methyl sites for hydroxylation is 2. The van der Waals surface area contributed by atoms with Crippen LogP contribution in [0.4, 0.5) is 17.5 Å². The Labute approximate surface area is 166 Å². The smallest absolute Gasteiger partial charge is 0.267 e. The molecule has 4 heterocycles. The van der Waals surface area contributed by atoms with E-state index in [1.54, 1.807) is 6.20 Å². The largest absolute Gasteiger partial charge is 0.352 e. The minimum atomic E-state index is 0.00318. The van der Waals surface area contributed by atoms with Gasteiger partial charge in [0.05, 0.1) is 5.69 Å². The standard InChI is InChI=1S/C18H20N8OS/c1-12-5-6-19-15(11-12)20-14-3-4-16(23-22-14)25-7-9-26(10-8-25)18(27)17-13(2)21-24-28-17/h3-6,11H,7-10H2,1-2H3,(H,19,20,22). The van der Waals surface area contributed by atoms with E-state index in [2.05, 4.69) is 35.0 Å². The van der Waals surface area contributed by atoms with Gasteiger partial charge in [0, 0.05) is 32.4 Å². The van der Waals surface area contributed by atoms with Crippen LogP contribution in [0.3, 0.4) is 0 Å². The van der Waals surface area contributed by atoms with E-state index in [-0.39, 0.29) is 5.91 Å². The maximum Gasteiger partial charge on any atom is 0.267 e. The summed E-state index contributed by atoms with van der Waals surface area (Å²) in [4.78, 5) is 21.4. The number of hydrogen-bond acceptors (Lipinski definition) is 9. The molecule has 0 aromatic carbocycles. The van der Waals surface area contributed by atoms with E-state index < -0.39 is 0 Å². The van der Waals surface area contributed by atoms with Crippen LogP contribution in [0.1, 0.15) is 20.9 Å². The highest BCUT2D eigenvalue weighted by Crippen LogP contribution is 2.19. The maximum atomic E-state index is 12.6. The third-order valence-corrected chi connectivity index (χ3v) is 5.37. The highest BCUT2D eigenvalue weighted by molar-refractivity contribution is 7.07. The number of piperazine rings is 1. The summed E-state index contributed by atoms with van der Waals surface area (Å²) in [7, 11) is 0. The Morgan fingerprint density at radius 1 is 1.04 bits per heavy atom. The predicted octanol–water partition coefficient (Wildman–Crippen LogP) is 2.05. The first-order valence-electron chi connectivity index (χ1n) is 8.97. The first kappa shape index (κ1) is 18.2. The molecule has 0 radical (unpaired) electrons. The van der Waals surface area contributed by atoms with Crippen LogP contribution < -0.4 is 10.2 Å². The molecule has 4 rings (SSSR count). The number of hydrogen-bond donors (Lipinski definition) is 1. The lowest BCUT2D eigenvalue weighted by atomic mass is 10.2. The molecular formula is C18H20N8OS. The third kappa shape index (κ3) is 3.91. The van der Waals surface area contributed by atoms with E-state index in [9.17, 15) is 4.79 Å². The molecule has 3 aromatic heterocycles. The van der Waals surface area contributed by atoms with E-state index in [4.69, 9.17) is 0 Å². The first-order valence-corrected chi connectivity index (χ1v) is 9.74. The van der Waals surface area contributed by atoms with Gasteiger partial charge >= 0.3 is 0 Å². The highest BCUT2D eigenvalue weighted by atomic mass is 32.1. The number of nitrogens with one attached hydrogen (secondary N) is 1. The summed E-state index contributed by atoms with van der Waals surface area (Å²) in [5, 5.41) is 15.6. The molecule has 1 aliphatic rings. The lowest BCUT2D eigenvalue weighted by Crippen LogP contribution is -2.49. The predicted molar refractivity (Wildman–Crippen MR) is 107 cm³/mol. The molecule has 3 aromatic rings. The van der Waals surface area contributed by atoms with Crippen LogP contribution in [0.5, 0.6) is 0 Å².